The molecule has 3 heteroatoms. The van der Waals surface area contributed by atoms with E-state index in [4.69, 9.17) is 11.6 Å². The lowest BCUT2D eigenvalue weighted by Gasteiger charge is -2.06. The highest BCUT2D eigenvalue weighted by Crippen LogP contribution is 2.39. The van der Waals surface area contributed by atoms with Gasteiger partial charge < -0.3 is 0 Å². The van der Waals surface area contributed by atoms with Crippen molar-refractivity contribution in [2.24, 2.45) is 0 Å². The van der Waals surface area contributed by atoms with Gasteiger partial charge in [-0.15, -0.1) is 0 Å². The highest BCUT2D eigenvalue weighted by Gasteiger charge is 2.27. The number of hydrogen-bond donors (Lipinski definition) is 0. The first-order valence-corrected chi connectivity index (χ1v) is 7.28. The summed E-state index contributed by atoms with van der Waals surface area (Å²) in [6.45, 7) is 2.19. The zero-order valence-electron chi connectivity index (χ0n) is 11.1. The van der Waals surface area contributed by atoms with Gasteiger partial charge >= 0.3 is 0 Å². The van der Waals surface area contributed by atoms with Crippen LogP contribution in [0.3, 0.4) is 0 Å². The monoisotopic (exact) mass is 272 g/mol. The van der Waals surface area contributed by atoms with E-state index in [9.17, 15) is 0 Å². The lowest BCUT2D eigenvalue weighted by Crippen LogP contribution is -1.96. The molecule has 0 aliphatic heterocycles. The summed E-state index contributed by atoms with van der Waals surface area (Å²) in [5.41, 5.74) is 3.43. The summed E-state index contributed by atoms with van der Waals surface area (Å²) in [5, 5.41) is 0.549. The molecule has 0 saturated heterocycles. The van der Waals surface area contributed by atoms with E-state index in [0.29, 0.717) is 11.1 Å². The molecule has 2 nitrogen and oxygen atoms in total. The maximum Gasteiger partial charge on any atom is 0.133 e. The van der Waals surface area contributed by atoms with Crippen LogP contribution in [0.15, 0.2) is 30.3 Å². The van der Waals surface area contributed by atoms with Crippen molar-refractivity contribution in [3.8, 4) is 11.3 Å². The normalized spacial score (nSPS) is 14.6. The molecule has 0 unspecified atom stereocenters. The van der Waals surface area contributed by atoms with Gasteiger partial charge in [-0.25, -0.2) is 9.97 Å². The smallest absolute Gasteiger partial charge is 0.133 e. The van der Waals surface area contributed by atoms with E-state index in [-0.39, 0.29) is 0 Å². The van der Waals surface area contributed by atoms with Crippen molar-refractivity contribution in [2.75, 3.05) is 0 Å². The van der Waals surface area contributed by atoms with Gasteiger partial charge in [-0.05, 0) is 30.9 Å². The van der Waals surface area contributed by atoms with Gasteiger partial charge in [0.25, 0.3) is 0 Å². The average Bonchev–Trinajstić information content (AvgIpc) is 3.23. The highest BCUT2D eigenvalue weighted by molar-refractivity contribution is 6.29. The zero-order chi connectivity index (χ0) is 13.2. The minimum absolute atomic E-state index is 0.524. The minimum Gasteiger partial charge on any atom is -0.232 e. The molecule has 1 aromatic heterocycles. The first-order valence-electron chi connectivity index (χ1n) is 6.90. The van der Waals surface area contributed by atoms with Crippen LogP contribution < -0.4 is 0 Å². The summed E-state index contributed by atoms with van der Waals surface area (Å²) < 4.78 is 0. The zero-order valence-corrected chi connectivity index (χ0v) is 11.8. The van der Waals surface area contributed by atoms with E-state index < -0.39 is 0 Å². The molecule has 1 aliphatic carbocycles. The molecule has 0 amide bonds. The van der Waals surface area contributed by atoms with Gasteiger partial charge in [-0.3, -0.25) is 0 Å². The van der Waals surface area contributed by atoms with Crippen LogP contribution in [0.1, 0.15) is 43.5 Å². The first kappa shape index (κ1) is 12.6. The number of nitrogens with zero attached hydrogens (tertiary/aromatic N) is 2. The number of rotatable bonds is 4. The second-order valence-electron chi connectivity index (χ2n) is 5.16. The van der Waals surface area contributed by atoms with Crippen LogP contribution >= 0.6 is 11.6 Å². The van der Waals surface area contributed by atoms with Gasteiger partial charge in [-0.2, -0.15) is 0 Å². The maximum absolute atomic E-state index is 6.12. The van der Waals surface area contributed by atoms with E-state index in [2.05, 4.69) is 41.2 Å². The molecule has 1 aromatic carbocycles. The molecule has 1 saturated carbocycles. The van der Waals surface area contributed by atoms with Gasteiger partial charge in [-0.1, -0.05) is 43.1 Å². The van der Waals surface area contributed by atoms with Crippen LogP contribution in [0.2, 0.25) is 5.15 Å². The number of aromatic nitrogens is 2. The van der Waals surface area contributed by atoms with Crippen LogP contribution in [0.4, 0.5) is 0 Å². The Bertz CT molecular complexity index is 591. The molecule has 98 valence electrons. The third kappa shape index (κ3) is 2.95. The molecule has 3 rings (SSSR count). The SMILES string of the molecule is CCCc1cccc(-c2cc(Cl)nc(C3CC3)n2)c1. The molecule has 1 fully saturated rings. The fourth-order valence-electron chi connectivity index (χ4n) is 2.28. The first-order chi connectivity index (χ1) is 9.26. The molecule has 0 bridgehead atoms. The minimum atomic E-state index is 0.524. The Morgan fingerprint density at radius 2 is 2.05 bits per heavy atom. The van der Waals surface area contributed by atoms with E-state index in [1.165, 1.54) is 18.4 Å². The fourth-order valence-corrected chi connectivity index (χ4v) is 2.47. The number of halogens is 1. The van der Waals surface area contributed by atoms with Crippen LogP contribution in [-0.4, -0.2) is 9.97 Å². The summed E-state index contributed by atoms with van der Waals surface area (Å²) in [7, 11) is 0. The van der Waals surface area contributed by atoms with Crippen molar-refractivity contribution in [3.05, 3.63) is 46.9 Å². The molecule has 1 aliphatic rings. The molecule has 0 atom stereocenters. The van der Waals surface area contributed by atoms with E-state index >= 15 is 0 Å². The van der Waals surface area contributed by atoms with E-state index in [0.717, 1.165) is 29.9 Å². The lowest BCUT2D eigenvalue weighted by atomic mass is 10.0. The van der Waals surface area contributed by atoms with Gasteiger partial charge in [0.05, 0.1) is 5.69 Å². The van der Waals surface area contributed by atoms with Crippen molar-refractivity contribution < 1.29 is 0 Å². The third-order valence-corrected chi connectivity index (χ3v) is 3.61. The number of benzene rings is 1. The molecule has 0 N–H and O–H groups in total. The summed E-state index contributed by atoms with van der Waals surface area (Å²) in [6, 6.07) is 10.4. The van der Waals surface area contributed by atoms with Crippen molar-refractivity contribution in [1.29, 1.82) is 0 Å². The molecule has 1 heterocycles. The molecule has 2 aromatic rings. The Balaban J connectivity index is 1.98. The Morgan fingerprint density at radius 1 is 1.21 bits per heavy atom. The molecular formula is C16H17ClN2. The van der Waals surface area contributed by atoms with E-state index in [1.807, 2.05) is 6.07 Å². The summed E-state index contributed by atoms with van der Waals surface area (Å²) in [5.74, 6) is 1.43. The second-order valence-corrected chi connectivity index (χ2v) is 5.55. The van der Waals surface area contributed by atoms with Crippen molar-refractivity contribution >= 4 is 11.6 Å². The third-order valence-electron chi connectivity index (χ3n) is 3.42. The predicted octanol–water partition coefficient (Wildman–Crippen LogP) is 4.63. The van der Waals surface area contributed by atoms with Crippen LogP contribution in [0, 0.1) is 0 Å². The quantitative estimate of drug-likeness (QED) is 0.759. The standard InChI is InChI=1S/C16H17ClN2/c1-2-4-11-5-3-6-13(9-11)14-10-15(17)19-16(18-14)12-7-8-12/h3,5-6,9-10,12H,2,4,7-8H2,1H3. The summed E-state index contributed by atoms with van der Waals surface area (Å²) >= 11 is 6.12. The average molecular weight is 273 g/mol. The maximum atomic E-state index is 6.12. The van der Waals surface area contributed by atoms with E-state index in [1.54, 1.807) is 0 Å². The van der Waals surface area contributed by atoms with Crippen LogP contribution in [0.25, 0.3) is 11.3 Å². The second kappa shape index (κ2) is 5.30. The van der Waals surface area contributed by atoms with Crippen molar-refractivity contribution in [1.82, 2.24) is 9.97 Å². The fraction of sp³-hybridized carbons (Fsp3) is 0.375. The largest absolute Gasteiger partial charge is 0.232 e. The topological polar surface area (TPSA) is 25.8 Å². The number of hydrogen-bond acceptors (Lipinski definition) is 2. The Morgan fingerprint density at radius 3 is 2.79 bits per heavy atom. The van der Waals surface area contributed by atoms with Gasteiger partial charge in [0, 0.05) is 17.5 Å². The van der Waals surface area contributed by atoms with Crippen LogP contribution in [0.5, 0.6) is 0 Å². The Hall–Kier alpha value is -1.41. The summed E-state index contributed by atoms with van der Waals surface area (Å²) in [6.07, 6.45) is 4.63. The molecule has 0 radical (unpaired) electrons. The predicted molar refractivity (Wildman–Crippen MR) is 78.4 cm³/mol. The Kier molecular flexibility index (Phi) is 3.52. The Labute approximate surface area is 118 Å². The van der Waals surface area contributed by atoms with Crippen LogP contribution in [-0.2, 0) is 6.42 Å². The van der Waals surface area contributed by atoms with Gasteiger partial charge in [0.15, 0.2) is 0 Å². The lowest BCUT2D eigenvalue weighted by molar-refractivity contribution is 0.919. The molecular weight excluding hydrogens is 256 g/mol. The highest BCUT2D eigenvalue weighted by atomic mass is 35.5. The van der Waals surface area contributed by atoms with Gasteiger partial charge in [0.2, 0.25) is 0 Å². The van der Waals surface area contributed by atoms with Crippen molar-refractivity contribution in [2.45, 2.75) is 38.5 Å². The number of aryl methyl sites for hydroxylation is 1. The summed E-state index contributed by atoms with van der Waals surface area (Å²) in [4.78, 5) is 9.01. The van der Waals surface area contributed by atoms with Gasteiger partial charge in [0.1, 0.15) is 11.0 Å². The molecule has 19 heavy (non-hydrogen) atoms. The van der Waals surface area contributed by atoms with Crippen molar-refractivity contribution in [3.63, 3.8) is 0 Å². The molecule has 0 spiro atoms.